The van der Waals surface area contributed by atoms with Crippen molar-refractivity contribution >= 4 is 49.8 Å². The molecule has 2 heterocycles. The summed E-state index contributed by atoms with van der Waals surface area (Å²) >= 11 is 2.83. The minimum atomic E-state index is -4.34. The first-order valence-corrected chi connectivity index (χ1v) is 13.7. The summed E-state index contributed by atoms with van der Waals surface area (Å²) in [4.78, 5) is 21.2. The molecule has 0 aliphatic heterocycles. The van der Waals surface area contributed by atoms with E-state index in [1.165, 1.54) is 22.7 Å². The van der Waals surface area contributed by atoms with Gasteiger partial charge in [-0.2, -0.15) is 8.42 Å². The lowest BCUT2D eigenvalue weighted by Crippen LogP contribution is -2.15. The number of benzene rings is 2. The zero-order valence-corrected chi connectivity index (χ0v) is 21.0. The summed E-state index contributed by atoms with van der Waals surface area (Å²) < 4.78 is 38.1. The molecular formula is C23H22N4O5S3. The fourth-order valence-corrected chi connectivity index (χ4v) is 5.32. The maximum atomic E-state index is 12.0. The van der Waals surface area contributed by atoms with Crippen LogP contribution in [0.1, 0.15) is 34.7 Å². The molecule has 1 atom stereocenters. The van der Waals surface area contributed by atoms with E-state index in [1.54, 1.807) is 36.6 Å². The van der Waals surface area contributed by atoms with Crippen molar-refractivity contribution in [2.75, 3.05) is 16.6 Å². The Bertz CT molecular complexity index is 1390. The van der Waals surface area contributed by atoms with Crippen molar-refractivity contribution in [3.8, 4) is 10.6 Å². The monoisotopic (exact) mass is 530 g/mol. The van der Waals surface area contributed by atoms with Crippen LogP contribution in [0.2, 0.25) is 0 Å². The highest BCUT2D eigenvalue weighted by molar-refractivity contribution is 7.87. The van der Waals surface area contributed by atoms with Crippen molar-refractivity contribution in [3.63, 3.8) is 0 Å². The molecule has 0 fully saturated rings. The van der Waals surface area contributed by atoms with Gasteiger partial charge in [-0.1, -0.05) is 42.5 Å². The van der Waals surface area contributed by atoms with Crippen molar-refractivity contribution in [3.05, 3.63) is 82.3 Å². The Hall–Kier alpha value is -3.32. The average Bonchev–Trinajstić information content (AvgIpc) is 3.50. The van der Waals surface area contributed by atoms with E-state index < -0.39 is 16.3 Å². The summed E-state index contributed by atoms with van der Waals surface area (Å²) in [7, 11) is -4.34. The van der Waals surface area contributed by atoms with E-state index in [9.17, 15) is 13.2 Å². The predicted octanol–water partition coefficient (Wildman–Crippen LogP) is 5.05. The summed E-state index contributed by atoms with van der Waals surface area (Å²) in [5.41, 5.74) is 3.21. The van der Waals surface area contributed by atoms with Gasteiger partial charge in [-0.3, -0.25) is 9.27 Å². The van der Waals surface area contributed by atoms with Crippen molar-refractivity contribution in [1.29, 1.82) is 0 Å². The standard InChI is InChI=1S/C23H22N4O5S3/c1-2-32-22(28)20-14-34-23(26-20)25-18(12-15-8-10-17(11-9-15)27-35(29,30)31)19-13-33-21(24-19)16-6-4-3-5-7-16/h3-11,13-14,18,27H,2,12H2,1H3,(H,25,26)(H,29,30,31). The topological polar surface area (TPSA) is 131 Å². The summed E-state index contributed by atoms with van der Waals surface area (Å²) in [5.74, 6) is -0.477. The van der Waals surface area contributed by atoms with Crippen LogP contribution in [0, 0.1) is 0 Å². The molecule has 0 radical (unpaired) electrons. The van der Waals surface area contributed by atoms with Gasteiger partial charge in [0.1, 0.15) is 5.01 Å². The van der Waals surface area contributed by atoms with Gasteiger partial charge in [0.05, 0.1) is 24.0 Å². The Morgan fingerprint density at radius 1 is 1.06 bits per heavy atom. The number of carbonyl (C=O) groups excluding carboxylic acids is 1. The molecule has 0 aliphatic rings. The molecule has 2 aromatic heterocycles. The van der Waals surface area contributed by atoms with Crippen LogP contribution in [0.25, 0.3) is 10.6 Å². The van der Waals surface area contributed by atoms with Crippen molar-refractivity contribution in [1.82, 2.24) is 9.97 Å². The van der Waals surface area contributed by atoms with E-state index >= 15 is 0 Å². The fourth-order valence-electron chi connectivity index (χ4n) is 3.27. The Morgan fingerprint density at radius 2 is 1.80 bits per heavy atom. The maximum Gasteiger partial charge on any atom is 0.357 e. The van der Waals surface area contributed by atoms with Gasteiger partial charge in [0.2, 0.25) is 0 Å². The molecule has 0 aliphatic carbocycles. The highest BCUT2D eigenvalue weighted by Crippen LogP contribution is 2.31. The Balaban J connectivity index is 1.58. The van der Waals surface area contributed by atoms with Gasteiger partial charge in [-0.05, 0) is 31.0 Å². The number of nitrogens with zero attached hydrogens (tertiary/aromatic N) is 2. The van der Waals surface area contributed by atoms with Crippen molar-refractivity contribution < 1.29 is 22.5 Å². The molecule has 4 aromatic rings. The summed E-state index contributed by atoms with van der Waals surface area (Å²) in [6.45, 7) is 2.01. The Kier molecular flexibility index (Phi) is 7.76. The van der Waals surface area contributed by atoms with Crippen LogP contribution in [0.4, 0.5) is 10.8 Å². The molecular weight excluding hydrogens is 508 g/mol. The zero-order chi connectivity index (χ0) is 24.8. The highest BCUT2D eigenvalue weighted by atomic mass is 32.2. The van der Waals surface area contributed by atoms with Crippen LogP contribution >= 0.6 is 22.7 Å². The van der Waals surface area contributed by atoms with Crippen molar-refractivity contribution in [2.24, 2.45) is 0 Å². The molecule has 0 amide bonds. The molecule has 0 saturated heterocycles. The third-order valence-electron chi connectivity index (χ3n) is 4.83. The SMILES string of the molecule is CCOC(=O)c1csc(NC(Cc2ccc(NS(=O)(=O)O)cc2)c2csc(-c3ccccc3)n2)n1. The van der Waals surface area contributed by atoms with E-state index in [-0.39, 0.29) is 24.0 Å². The number of rotatable bonds is 10. The molecule has 35 heavy (non-hydrogen) atoms. The van der Waals surface area contributed by atoms with E-state index in [1.807, 2.05) is 40.4 Å². The number of aromatic nitrogens is 2. The highest BCUT2D eigenvalue weighted by Gasteiger charge is 2.20. The van der Waals surface area contributed by atoms with Gasteiger partial charge in [0, 0.05) is 16.3 Å². The third-order valence-corrected chi connectivity index (χ3v) is 7.00. The normalized spacial score (nSPS) is 12.2. The maximum absolute atomic E-state index is 12.0. The predicted molar refractivity (Wildman–Crippen MR) is 137 cm³/mol. The van der Waals surface area contributed by atoms with E-state index in [4.69, 9.17) is 14.3 Å². The minimum absolute atomic E-state index is 0.238. The molecule has 182 valence electrons. The molecule has 9 nitrogen and oxygen atoms in total. The number of nitrogens with one attached hydrogen (secondary N) is 2. The number of carbonyl (C=O) groups is 1. The molecule has 2 aromatic carbocycles. The first kappa shape index (κ1) is 24.8. The quantitative estimate of drug-likeness (QED) is 0.192. The van der Waals surface area contributed by atoms with Gasteiger partial charge in [0.25, 0.3) is 0 Å². The number of thiazole rings is 2. The van der Waals surface area contributed by atoms with Gasteiger partial charge < -0.3 is 10.1 Å². The fraction of sp³-hybridized carbons (Fsp3) is 0.174. The van der Waals surface area contributed by atoms with Gasteiger partial charge in [-0.25, -0.2) is 14.8 Å². The van der Waals surface area contributed by atoms with Gasteiger partial charge >= 0.3 is 16.3 Å². The van der Waals surface area contributed by atoms with Crippen molar-refractivity contribution in [2.45, 2.75) is 19.4 Å². The molecule has 3 N–H and O–H groups in total. The van der Waals surface area contributed by atoms with Gasteiger partial charge in [-0.15, -0.1) is 22.7 Å². The lowest BCUT2D eigenvalue weighted by atomic mass is 10.0. The van der Waals surface area contributed by atoms with E-state index in [0.29, 0.717) is 11.6 Å². The van der Waals surface area contributed by atoms with Crippen LogP contribution < -0.4 is 10.0 Å². The first-order valence-electron chi connectivity index (χ1n) is 10.5. The second-order valence-electron chi connectivity index (χ2n) is 7.38. The summed E-state index contributed by atoms with van der Waals surface area (Å²) in [6, 6.07) is 16.3. The second-order valence-corrected chi connectivity index (χ2v) is 10.2. The lowest BCUT2D eigenvalue weighted by Gasteiger charge is -2.17. The lowest BCUT2D eigenvalue weighted by molar-refractivity contribution is 0.0520. The Morgan fingerprint density at radius 3 is 2.49 bits per heavy atom. The number of anilines is 2. The van der Waals surface area contributed by atoms with Crippen LogP contribution in [-0.4, -0.2) is 35.5 Å². The molecule has 0 bridgehead atoms. The van der Waals surface area contributed by atoms with E-state index in [0.717, 1.165) is 21.8 Å². The number of ether oxygens (including phenoxy) is 1. The molecule has 12 heteroatoms. The zero-order valence-electron chi connectivity index (χ0n) is 18.5. The summed E-state index contributed by atoms with van der Waals surface area (Å²) in [5, 5.41) is 8.43. The third kappa shape index (κ3) is 6.85. The second kappa shape index (κ2) is 11.0. The Labute approximate surface area is 210 Å². The summed E-state index contributed by atoms with van der Waals surface area (Å²) in [6.07, 6.45) is 0.512. The minimum Gasteiger partial charge on any atom is -0.461 e. The van der Waals surface area contributed by atoms with Gasteiger partial charge in [0.15, 0.2) is 10.8 Å². The largest absolute Gasteiger partial charge is 0.461 e. The van der Waals surface area contributed by atoms with Crippen LogP contribution in [0.5, 0.6) is 0 Å². The number of hydrogen-bond donors (Lipinski definition) is 3. The molecule has 4 rings (SSSR count). The smallest absolute Gasteiger partial charge is 0.357 e. The average molecular weight is 531 g/mol. The first-order chi connectivity index (χ1) is 16.8. The van der Waals surface area contributed by atoms with Crippen LogP contribution in [-0.2, 0) is 21.5 Å². The molecule has 0 saturated carbocycles. The van der Waals surface area contributed by atoms with E-state index in [2.05, 4.69) is 10.3 Å². The molecule has 0 spiro atoms. The number of esters is 1. The van der Waals surface area contributed by atoms with Crippen LogP contribution in [0.15, 0.2) is 65.4 Å². The van der Waals surface area contributed by atoms with Crippen LogP contribution in [0.3, 0.4) is 0 Å². The number of hydrogen-bond acceptors (Lipinski definition) is 9. The molecule has 1 unspecified atom stereocenters.